The van der Waals surface area contributed by atoms with Gasteiger partial charge in [0.05, 0.1) is 5.75 Å². The van der Waals surface area contributed by atoms with Crippen LogP contribution in [0.2, 0.25) is 0 Å². The first kappa shape index (κ1) is 13.5. The summed E-state index contributed by atoms with van der Waals surface area (Å²) in [5.41, 5.74) is 1.74. The summed E-state index contributed by atoms with van der Waals surface area (Å²) >= 11 is 0. The molecule has 1 aromatic heterocycles. The Morgan fingerprint density at radius 2 is 2.16 bits per heavy atom. The Morgan fingerprint density at radius 1 is 1.42 bits per heavy atom. The van der Waals surface area contributed by atoms with Crippen LogP contribution in [-0.2, 0) is 10.0 Å². The molecular formula is C12H15N3O3S. The maximum Gasteiger partial charge on any atom is 0.247 e. The van der Waals surface area contributed by atoms with Gasteiger partial charge in [-0.3, -0.25) is 0 Å². The van der Waals surface area contributed by atoms with E-state index in [2.05, 4.69) is 14.9 Å². The number of para-hydroxylation sites is 2. The molecule has 0 saturated carbocycles. The highest BCUT2D eigenvalue weighted by Gasteiger charge is 2.10. The fourth-order valence-electron chi connectivity index (χ4n) is 1.53. The predicted octanol–water partition coefficient (Wildman–Crippen LogP) is 1.88. The molecule has 0 saturated heterocycles. The zero-order chi connectivity index (χ0) is 13.9. The second-order valence-electron chi connectivity index (χ2n) is 4.09. The van der Waals surface area contributed by atoms with Crippen LogP contribution in [-0.4, -0.2) is 24.9 Å². The van der Waals surface area contributed by atoms with Gasteiger partial charge in [-0.15, -0.1) is 0 Å². The molecule has 19 heavy (non-hydrogen) atoms. The number of hydrogen-bond donors (Lipinski definition) is 1. The number of hydrogen-bond acceptors (Lipinski definition) is 5. The summed E-state index contributed by atoms with van der Waals surface area (Å²) in [5.74, 6) is 0.345. The van der Waals surface area contributed by atoms with Crippen molar-refractivity contribution >= 4 is 26.8 Å². The van der Waals surface area contributed by atoms with E-state index < -0.39 is 10.0 Å². The highest BCUT2D eigenvalue weighted by Crippen LogP contribution is 2.14. The number of hydrazone groups is 1. The number of nitrogens with one attached hydrogen (secondary N) is 1. The van der Waals surface area contributed by atoms with E-state index in [0.29, 0.717) is 29.1 Å². The fourth-order valence-corrected chi connectivity index (χ4v) is 2.43. The van der Waals surface area contributed by atoms with Gasteiger partial charge in [0, 0.05) is 0 Å². The van der Waals surface area contributed by atoms with E-state index in [1.807, 2.05) is 18.2 Å². The molecular weight excluding hydrogens is 266 g/mol. The Morgan fingerprint density at radius 3 is 2.84 bits per heavy atom. The summed E-state index contributed by atoms with van der Waals surface area (Å²) in [6.07, 6.45) is 0.535. The molecule has 0 atom stereocenters. The van der Waals surface area contributed by atoms with Crippen molar-refractivity contribution in [3.05, 3.63) is 30.2 Å². The third kappa shape index (κ3) is 3.31. The van der Waals surface area contributed by atoms with E-state index in [1.165, 1.54) is 0 Å². The molecule has 2 rings (SSSR count). The Balaban J connectivity index is 2.21. The lowest BCUT2D eigenvalue weighted by atomic mass is 10.3. The predicted molar refractivity (Wildman–Crippen MR) is 73.4 cm³/mol. The van der Waals surface area contributed by atoms with Crippen LogP contribution in [0.1, 0.15) is 26.2 Å². The van der Waals surface area contributed by atoms with Gasteiger partial charge in [0.2, 0.25) is 15.9 Å². The number of nitrogens with zero attached hydrogens (tertiary/aromatic N) is 2. The number of fused-ring (bicyclic) bond motifs is 1. The van der Waals surface area contributed by atoms with Crippen LogP contribution >= 0.6 is 0 Å². The first-order valence-corrected chi connectivity index (χ1v) is 7.57. The molecule has 0 fully saturated rings. The second-order valence-corrected chi connectivity index (χ2v) is 5.91. The highest BCUT2D eigenvalue weighted by atomic mass is 32.2. The quantitative estimate of drug-likeness (QED) is 0.670. The largest absolute Gasteiger partial charge is 0.435 e. The summed E-state index contributed by atoms with van der Waals surface area (Å²) in [4.78, 5) is 6.39. The molecule has 0 amide bonds. The van der Waals surface area contributed by atoms with Crippen molar-refractivity contribution in [3.8, 4) is 0 Å². The number of oxazole rings is 1. The molecule has 0 aliphatic carbocycles. The third-order valence-corrected chi connectivity index (χ3v) is 3.74. The molecule has 2 aromatic rings. The lowest BCUT2D eigenvalue weighted by molar-refractivity contribution is 0.580. The van der Waals surface area contributed by atoms with Crippen LogP contribution in [0.25, 0.3) is 11.1 Å². The van der Waals surface area contributed by atoms with Gasteiger partial charge in [0.1, 0.15) is 11.2 Å². The topological polar surface area (TPSA) is 84.6 Å². The van der Waals surface area contributed by atoms with Gasteiger partial charge in [-0.25, -0.2) is 18.2 Å². The minimum atomic E-state index is -3.37. The lowest BCUT2D eigenvalue weighted by Crippen LogP contribution is -2.22. The maximum absolute atomic E-state index is 11.5. The fraction of sp³-hybridized carbons (Fsp3) is 0.333. The second kappa shape index (κ2) is 5.40. The lowest BCUT2D eigenvalue weighted by Gasteiger charge is -2.01. The Bertz CT molecular complexity index is 671. The van der Waals surface area contributed by atoms with Crippen LogP contribution < -0.4 is 4.83 Å². The summed E-state index contributed by atoms with van der Waals surface area (Å²) in [6, 6.07) is 7.30. The number of aromatic nitrogens is 1. The minimum Gasteiger partial charge on any atom is -0.435 e. The van der Waals surface area contributed by atoms with E-state index in [1.54, 1.807) is 19.9 Å². The van der Waals surface area contributed by atoms with Gasteiger partial charge in [-0.2, -0.15) is 5.10 Å². The first-order valence-electron chi connectivity index (χ1n) is 5.91. The average Bonchev–Trinajstić information content (AvgIpc) is 2.79. The Labute approximate surface area is 111 Å². The van der Waals surface area contributed by atoms with E-state index in [9.17, 15) is 8.42 Å². The van der Waals surface area contributed by atoms with Gasteiger partial charge in [-0.05, 0) is 25.5 Å². The van der Waals surface area contributed by atoms with E-state index >= 15 is 0 Å². The average molecular weight is 281 g/mol. The van der Waals surface area contributed by atoms with Crippen molar-refractivity contribution in [3.63, 3.8) is 0 Å². The molecule has 7 heteroatoms. The van der Waals surface area contributed by atoms with Gasteiger partial charge in [0.25, 0.3) is 0 Å². The molecule has 6 nitrogen and oxygen atoms in total. The van der Waals surface area contributed by atoms with Crippen molar-refractivity contribution in [1.82, 2.24) is 9.82 Å². The maximum atomic E-state index is 11.5. The normalized spacial score (nSPS) is 12.8. The molecule has 1 aromatic carbocycles. The first-order chi connectivity index (χ1) is 9.02. The van der Waals surface area contributed by atoms with Crippen LogP contribution in [0.4, 0.5) is 0 Å². The molecule has 1 heterocycles. The summed E-state index contributed by atoms with van der Waals surface area (Å²) in [5, 5.41) is 3.80. The zero-order valence-electron chi connectivity index (χ0n) is 10.8. The van der Waals surface area contributed by atoms with Crippen molar-refractivity contribution < 1.29 is 12.8 Å². The van der Waals surface area contributed by atoms with Gasteiger partial charge in [0.15, 0.2) is 5.58 Å². The Hall–Kier alpha value is -1.89. The number of benzene rings is 1. The van der Waals surface area contributed by atoms with Crippen LogP contribution in [0.3, 0.4) is 0 Å². The molecule has 0 radical (unpaired) electrons. The third-order valence-electron chi connectivity index (χ3n) is 2.43. The van der Waals surface area contributed by atoms with E-state index in [-0.39, 0.29) is 5.75 Å². The molecule has 1 N–H and O–H groups in total. The minimum absolute atomic E-state index is 0.0390. The van der Waals surface area contributed by atoms with Crippen molar-refractivity contribution in [2.75, 3.05) is 5.75 Å². The smallest absolute Gasteiger partial charge is 0.247 e. The zero-order valence-corrected chi connectivity index (χ0v) is 11.6. The summed E-state index contributed by atoms with van der Waals surface area (Å²) in [6.45, 7) is 3.43. The van der Waals surface area contributed by atoms with Gasteiger partial charge in [-0.1, -0.05) is 19.1 Å². The summed E-state index contributed by atoms with van der Waals surface area (Å²) in [7, 11) is -3.37. The van der Waals surface area contributed by atoms with Crippen molar-refractivity contribution in [1.29, 1.82) is 0 Å². The number of rotatable bonds is 5. The molecule has 0 unspecified atom stereocenters. The molecule has 0 aliphatic rings. The van der Waals surface area contributed by atoms with Crippen LogP contribution in [0, 0.1) is 0 Å². The van der Waals surface area contributed by atoms with Crippen molar-refractivity contribution in [2.45, 2.75) is 20.3 Å². The molecule has 102 valence electrons. The summed E-state index contributed by atoms with van der Waals surface area (Å²) < 4.78 is 28.4. The highest BCUT2D eigenvalue weighted by molar-refractivity contribution is 7.89. The van der Waals surface area contributed by atoms with Gasteiger partial charge >= 0.3 is 0 Å². The molecule has 0 spiro atoms. The Kier molecular flexibility index (Phi) is 3.84. The van der Waals surface area contributed by atoms with Crippen molar-refractivity contribution in [2.24, 2.45) is 5.10 Å². The monoisotopic (exact) mass is 281 g/mol. The number of sulfonamides is 1. The van der Waals surface area contributed by atoms with Crippen LogP contribution in [0.15, 0.2) is 33.8 Å². The molecule has 0 aliphatic heterocycles. The van der Waals surface area contributed by atoms with Crippen LogP contribution in [0.5, 0.6) is 0 Å². The van der Waals surface area contributed by atoms with E-state index in [0.717, 1.165) is 0 Å². The standard InChI is InChI=1S/C12H15N3O3S/c1-3-8-19(16,17)15-14-9(2)12-13-10-6-4-5-7-11(10)18-12/h4-7,15H,3,8H2,1-2H3/b14-9+. The molecule has 0 bridgehead atoms. The van der Waals surface area contributed by atoms with E-state index in [4.69, 9.17) is 4.42 Å². The SMILES string of the molecule is CCCS(=O)(=O)N/N=C(\C)c1nc2ccccc2o1. The van der Waals surface area contributed by atoms with Gasteiger partial charge < -0.3 is 4.42 Å².